The molecule has 1 N–H and O–H groups in total. The second-order valence-corrected chi connectivity index (χ2v) is 8.10. The highest BCUT2D eigenvalue weighted by Gasteiger charge is 2.49. The number of hydrogen-bond acceptors (Lipinski definition) is 4. The highest BCUT2D eigenvalue weighted by atomic mass is 16.6. The van der Waals surface area contributed by atoms with Crippen molar-refractivity contribution in [3.63, 3.8) is 0 Å². The molecule has 1 amide bonds. The van der Waals surface area contributed by atoms with Gasteiger partial charge in [0.2, 0.25) is 0 Å². The van der Waals surface area contributed by atoms with Gasteiger partial charge < -0.3 is 15.0 Å². The molecule has 1 fully saturated rings. The molecular formula is C22H38N2O3. The SMILES string of the molecule is CCCCN(CCCC)CCCNC(=O)C1=C(C)C(=O)OC12CCCCC2. The van der Waals surface area contributed by atoms with E-state index in [0.29, 0.717) is 17.7 Å². The van der Waals surface area contributed by atoms with Crippen LogP contribution in [0.2, 0.25) is 0 Å². The molecule has 1 heterocycles. The van der Waals surface area contributed by atoms with Crippen LogP contribution in [0.25, 0.3) is 0 Å². The first-order valence-corrected chi connectivity index (χ1v) is 11.0. The molecule has 0 radical (unpaired) electrons. The third-order valence-electron chi connectivity index (χ3n) is 5.91. The molecule has 27 heavy (non-hydrogen) atoms. The first kappa shape index (κ1) is 21.9. The summed E-state index contributed by atoms with van der Waals surface area (Å²) < 4.78 is 5.69. The normalized spacial score (nSPS) is 19.0. The lowest BCUT2D eigenvalue weighted by Gasteiger charge is -2.34. The Balaban J connectivity index is 1.85. The van der Waals surface area contributed by atoms with Gasteiger partial charge in [0, 0.05) is 12.1 Å². The molecule has 154 valence electrons. The van der Waals surface area contributed by atoms with Gasteiger partial charge in [-0.15, -0.1) is 0 Å². The monoisotopic (exact) mass is 378 g/mol. The number of hydrogen-bond donors (Lipinski definition) is 1. The lowest BCUT2D eigenvalue weighted by atomic mass is 9.78. The van der Waals surface area contributed by atoms with Gasteiger partial charge >= 0.3 is 5.97 Å². The molecule has 1 spiro atoms. The maximum atomic E-state index is 12.8. The van der Waals surface area contributed by atoms with Crippen LogP contribution in [0.4, 0.5) is 0 Å². The Morgan fingerprint density at radius 2 is 1.63 bits per heavy atom. The second kappa shape index (κ2) is 10.8. The molecule has 2 aliphatic rings. The van der Waals surface area contributed by atoms with Crippen LogP contribution in [0.1, 0.15) is 85.0 Å². The van der Waals surface area contributed by atoms with Crippen molar-refractivity contribution in [2.75, 3.05) is 26.2 Å². The number of ether oxygens (including phenoxy) is 1. The Bertz CT molecular complexity index is 528. The lowest BCUT2D eigenvalue weighted by molar-refractivity contribution is -0.149. The van der Waals surface area contributed by atoms with E-state index >= 15 is 0 Å². The topological polar surface area (TPSA) is 58.6 Å². The van der Waals surface area contributed by atoms with Gasteiger partial charge in [-0.2, -0.15) is 0 Å². The fourth-order valence-corrected chi connectivity index (χ4v) is 4.29. The maximum Gasteiger partial charge on any atom is 0.335 e. The van der Waals surface area contributed by atoms with E-state index in [0.717, 1.165) is 58.2 Å². The number of carbonyl (C=O) groups is 2. The number of nitrogens with one attached hydrogen (secondary N) is 1. The summed E-state index contributed by atoms with van der Waals surface area (Å²) in [7, 11) is 0. The van der Waals surface area contributed by atoms with E-state index in [4.69, 9.17) is 4.74 Å². The predicted molar refractivity (Wildman–Crippen MR) is 108 cm³/mol. The van der Waals surface area contributed by atoms with E-state index in [2.05, 4.69) is 24.1 Å². The summed E-state index contributed by atoms with van der Waals surface area (Å²) in [5.74, 6) is -0.415. The van der Waals surface area contributed by atoms with Crippen LogP contribution in [0.5, 0.6) is 0 Å². The van der Waals surface area contributed by atoms with Gasteiger partial charge in [-0.05, 0) is 71.5 Å². The van der Waals surface area contributed by atoms with Crippen molar-refractivity contribution >= 4 is 11.9 Å². The zero-order valence-corrected chi connectivity index (χ0v) is 17.6. The number of esters is 1. The third kappa shape index (κ3) is 5.81. The van der Waals surface area contributed by atoms with E-state index in [-0.39, 0.29) is 11.9 Å². The van der Waals surface area contributed by atoms with Gasteiger partial charge in [-0.1, -0.05) is 33.1 Å². The lowest BCUT2D eigenvalue weighted by Crippen LogP contribution is -2.41. The highest BCUT2D eigenvalue weighted by molar-refractivity contribution is 6.07. The van der Waals surface area contributed by atoms with Gasteiger partial charge in [-0.25, -0.2) is 4.79 Å². The molecule has 2 rings (SSSR count). The molecule has 0 aromatic heterocycles. The van der Waals surface area contributed by atoms with Crippen molar-refractivity contribution in [1.82, 2.24) is 10.2 Å². The summed E-state index contributed by atoms with van der Waals surface area (Å²) >= 11 is 0. The quantitative estimate of drug-likeness (QED) is 0.436. The van der Waals surface area contributed by atoms with E-state index < -0.39 is 5.60 Å². The van der Waals surface area contributed by atoms with Gasteiger partial charge in [-0.3, -0.25) is 4.79 Å². The molecule has 0 aromatic carbocycles. The fourth-order valence-electron chi connectivity index (χ4n) is 4.29. The van der Waals surface area contributed by atoms with Gasteiger partial charge in [0.25, 0.3) is 5.91 Å². The van der Waals surface area contributed by atoms with Crippen LogP contribution in [0.3, 0.4) is 0 Å². The maximum absolute atomic E-state index is 12.8. The summed E-state index contributed by atoms with van der Waals surface area (Å²) in [5, 5.41) is 3.06. The van der Waals surface area contributed by atoms with Crippen molar-refractivity contribution in [3.05, 3.63) is 11.1 Å². The molecule has 5 heteroatoms. The molecule has 0 atom stereocenters. The summed E-state index contributed by atoms with van der Waals surface area (Å²) in [4.78, 5) is 27.5. The minimum Gasteiger partial charge on any atom is -0.451 e. The Morgan fingerprint density at radius 1 is 1.04 bits per heavy atom. The van der Waals surface area contributed by atoms with E-state index in [1.165, 1.54) is 25.7 Å². The molecule has 1 aliphatic heterocycles. The van der Waals surface area contributed by atoms with Crippen molar-refractivity contribution in [2.45, 2.75) is 90.6 Å². The van der Waals surface area contributed by atoms with E-state index in [1.54, 1.807) is 6.92 Å². The molecule has 1 aliphatic carbocycles. The summed E-state index contributed by atoms with van der Waals surface area (Å²) in [6, 6.07) is 0. The minimum atomic E-state index is -0.655. The first-order chi connectivity index (χ1) is 13.0. The Kier molecular flexibility index (Phi) is 8.81. The molecular weight excluding hydrogens is 340 g/mol. The van der Waals surface area contributed by atoms with E-state index in [1.807, 2.05) is 0 Å². The molecule has 0 bridgehead atoms. The molecule has 0 aromatic rings. The Hall–Kier alpha value is -1.36. The Labute approximate surface area is 164 Å². The first-order valence-electron chi connectivity index (χ1n) is 11.0. The second-order valence-electron chi connectivity index (χ2n) is 8.10. The predicted octanol–water partition coefficient (Wildman–Crippen LogP) is 3.97. The van der Waals surface area contributed by atoms with Crippen LogP contribution in [-0.2, 0) is 14.3 Å². The number of nitrogens with zero attached hydrogens (tertiary/aromatic N) is 1. The van der Waals surface area contributed by atoms with Crippen LogP contribution < -0.4 is 5.32 Å². The van der Waals surface area contributed by atoms with Crippen molar-refractivity contribution in [2.24, 2.45) is 0 Å². The summed E-state index contributed by atoms with van der Waals surface area (Å²) in [5.41, 5.74) is 0.445. The van der Waals surface area contributed by atoms with Gasteiger partial charge in [0.05, 0.1) is 5.57 Å². The number of rotatable bonds is 11. The number of carbonyl (C=O) groups excluding carboxylic acids is 2. The van der Waals surface area contributed by atoms with Crippen LogP contribution >= 0.6 is 0 Å². The van der Waals surface area contributed by atoms with Crippen LogP contribution in [-0.4, -0.2) is 48.6 Å². The van der Waals surface area contributed by atoms with Gasteiger partial charge in [0.1, 0.15) is 5.60 Å². The summed E-state index contributed by atoms with van der Waals surface area (Å²) in [6.45, 7) is 10.1. The van der Waals surface area contributed by atoms with Crippen LogP contribution in [0, 0.1) is 0 Å². The number of amides is 1. The highest BCUT2D eigenvalue weighted by Crippen LogP contribution is 2.43. The molecule has 0 unspecified atom stereocenters. The molecule has 5 nitrogen and oxygen atoms in total. The standard InChI is InChI=1S/C22H38N2O3/c1-4-6-15-24(16-7-5-2)17-11-14-23-20(25)19-18(3)21(26)27-22(19)12-9-8-10-13-22/h4-17H2,1-3H3,(H,23,25). The average Bonchev–Trinajstić information content (AvgIpc) is 2.90. The largest absolute Gasteiger partial charge is 0.451 e. The van der Waals surface area contributed by atoms with Crippen molar-refractivity contribution in [1.29, 1.82) is 0 Å². The zero-order valence-electron chi connectivity index (χ0n) is 17.6. The third-order valence-corrected chi connectivity index (χ3v) is 5.91. The molecule has 0 saturated heterocycles. The minimum absolute atomic E-state index is 0.103. The zero-order chi connectivity index (χ0) is 19.7. The van der Waals surface area contributed by atoms with Crippen molar-refractivity contribution in [3.8, 4) is 0 Å². The summed E-state index contributed by atoms with van der Waals surface area (Å²) in [6.07, 6.45) is 10.6. The average molecular weight is 379 g/mol. The van der Waals surface area contributed by atoms with Crippen LogP contribution in [0.15, 0.2) is 11.1 Å². The van der Waals surface area contributed by atoms with E-state index in [9.17, 15) is 9.59 Å². The van der Waals surface area contributed by atoms with Gasteiger partial charge in [0.15, 0.2) is 0 Å². The number of unbranched alkanes of at least 4 members (excludes halogenated alkanes) is 2. The fraction of sp³-hybridized carbons (Fsp3) is 0.818. The Morgan fingerprint density at radius 3 is 2.22 bits per heavy atom. The smallest absolute Gasteiger partial charge is 0.335 e. The van der Waals surface area contributed by atoms with Crippen molar-refractivity contribution < 1.29 is 14.3 Å². The molecule has 1 saturated carbocycles.